The Morgan fingerprint density at radius 2 is 1.70 bits per heavy atom. The van der Waals surface area contributed by atoms with Crippen LogP contribution in [0.2, 0.25) is 0 Å². The average Bonchev–Trinajstić information content (AvgIpc) is 2.76. The van der Waals surface area contributed by atoms with Crippen LogP contribution in [-0.4, -0.2) is 71.2 Å². The summed E-state index contributed by atoms with van der Waals surface area (Å²) < 4.78 is 4.99. The molecular weight excluding hydrogens is 390 g/mol. The lowest BCUT2D eigenvalue weighted by molar-refractivity contribution is -0.123. The number of carbonyl (C=O) groups is 3. The molecule has 0 aliphatic carbocycles. The van der Waals surface area contributed by atoms with Crippen LogP contribution in [-0.2, 0) is 14.3 Å². The van der Waals surface area contributed by atoms with Crippen LogP contribution in [0.5, 0.6) is 0 Å². The van der Waals surface area contributed by atoms with Crippen molar-refractivity contribution in [2.45, 2.75) is 40.5 Å². The van der Waals surface area contributed by atoms with Crippen molar-refractivity contribution < 1.29 is 24.2 Å². The Hall–Kier alpha value is -3.17. The molecular formula is C20H35N5O5. The summed E-state index contributed by atoms with van der Waals surface area (Å²) in [6.45, 7) is 14.3. The van der Waals surface area contributed by atoms with Gasteiger partial charge >= 0.3 is 6.09 Å². The van der Waals surface area contributed by atoms with Gasteiger partial charge in [-0.25, -0.2) is 14.8 Å². The van der Waals surface area contributed by atoms with Gasteiger partial charge in [-0.05, 0) is 19.4 Å². The van der Waals surface area contributed by atoms with E-state index >= 15 is 0 Å². The van der Waals surface area contributed by atoms with Crippen molar-refractivity contribution in [1.82, 2.24) is 14.9 Å². The Kier molecular flexibility index (Phi) is 18.5. The summed E-state index contributed by atoms with van der Waals surface area (Å²) in [4.78, 5) is 42.0. The normalized spacial score (nSPS) is 11.9. The Morgan fingerprint density at radius 3 is 2.03 bits per heavy atom. The zero-order valence-corrected chi connectivity index (χ0v) is 18.4. The van der Waals surface area contributed by atoms with Crippen LogP contribution in [0, 0.1) is 0 Å². The molecule has 1 aromatic heterocycles. The van der Waals surface area contributed by atoms with Crippen molar-refractivity contribution in [3.05, 3.63) is 24.8 Å². The fourth-order valence-corrected chi connectivity index (χ4v) is 2.21. The number of primary amides is 1. The first-order valence-corrected chi connectivity index (χ1v) is 9.90. The third-order valence-corrected chi connectivity index (χ3v) is 3.51. The molecule has 1 aliphatic rings. The summed E-state index contributed by atoms with van der Waals surface area (Å²) in [6, 6.07) is 0. The molecule has 2 heterocycles. The molecule has 3 N–H and O–H groups in total. The van der Waals surface area contributed by atoms with Gasteiger partial charge in [0.2, 0.25) is 5.91 Å². The summed E-state index contributed by atoms with van der Waals surface area (Å²) in [6.07, 6.45) is 6.31. The Labute approximate surface area is 178 Å². The summed E-state index contributed by atoms with van der Waals surface area (Å²) in [5, 5.41) is 6.89. The van der Waals surface area contributed by atoms with E-state index in [1.54, 1.807) is 23.4 Å². The summed E-state index contributed by atoms with van der Waals surface area (Å²) in [5.74, 6) is 0.409. The summed E-state index contributed by atoms with van der Waals surface area (Å²) in [5.41, 5.74) is 5.73. The van der Waals surface area contributed by atoms with Gasteiger partial charge in [0, 0.05) is 32.6 Å². The largest absolute Gasteiger partial charge is 0.483 e. The molecule has 0 aromatic carbocycles. The summed E-state index contributed by atoms with van der Waals surface area (Å²) >= 11 is 0. The van der Waals surface area contributed by atoms with E-state index in [0.717, 1.165) is 25.2 Å². The Morgan fingerprint density at radius 1 is 1.20 bits per heavy atom. The van der Waals surface area contributed by atoms with Crippen LogP contribution in [0.4, 0.5) is 10.5 Å². The van der Waals surface area contributed by atoms with Gasteiger partial charge in [0.25, 0.3) is 6.47 Å². The monoisotopic (exact) mass is 425 g/mol. The lowest BCUT2D eigenvalue weighted by Gasteiger charge is -2.35. The first-order valence-electron chi connectivity index (χ1n) is 9.90. The fraction of sp³-hybridized carbons (Fsp3) is 0.550. The number of rotatable bonds is 5. The van der Waals surface area contributed by atoms with Crippen LogP contribution in [0.3, 0.4) is 0 Å². The molecule has 0 radical (unpaired) electrons. The lowest BCUT2D eigenvalue weighted by Crippen LogP contribution is -2.49. The molecule has 10 nitrogen and oxygen atoms in total. The highest BCUT2D eigenvalue weighted by atomic mass is 16.6. The molecule has 0 bridgehead atoms. The maximum absolute atomic E-state index is 11.6. The Bertz CT molecular complexity index is 602. The molecule has 0 saturated carbocycles. The molecule has 0 spiro atoms. The standard InChI is InChI=1S/C13H18N4O2.C4H9NO.C2H6.CH2O2/c1-3-12-14-9-11(10-15-12)16-5-7-17(8-6-16)13(18)19-4-2;1-2-3-4(5)6;1-2;2-1-3/h3,9-10H,1,4-8H2,2H3;2-3H2,1H3,(H2,5,6);1-2H3;1H,(H,2,3). The second-order valence-electron chi connectivity index (χ2n) is 5.50. The SMILES string of the molecule is C=Cc1ncc(N2CCN(C(=O)OCC)CC2)cn1.CC.CCCC(N)=O.O=CO. The molecule has 170 valence electrons. The van der Waals surface area contributed by atoms with Crippen LogP contribution in [0.25, 0.3) is 6.08 Å². The van der Waals surface area contributed by atoms with E-state index in [0.29, 0.717) is 31.9 Å². The number of anilines is 1. The minimum atomic E-state index is -0.250. The minimum absolute atomic E-state index is 0.211. The minimum Gasteiger partial charge on any atom is -0.483 e. The van der Waals surface area contributed by atoms with Gasteiger partial charge in [-0.3, -0.25) is 9.59 Å². The third-order valence-electron chi connectivity index (χ3n) is 3.51. The number of hydrogen-bond donors (Lipinski definition) is 2. The first-order chi connectivity index (χ1) is 14.4. The number of nitrogens with zero attached hydrogens (tertiary/aromatic N) is 4. The van der Waals surface area contributed by atoms with Gasteiger partial charge in [0.05, 0.1) is 24.7 Å². The van der Waals surface area contributed by atoms with Crippen molar-refractivity contribution in [3.8, 4) is 0 Å². The fourth-order valence-electron chi connectivity index (χ4n) is 2.21. The Balaban J connectivity index is 0. The maximum Gasteiger partial charge on any atom is 0.409 e. The maximum atomic E-state index is 11.6. The predicted molar refractivity (Wildman–Crippen MR) is 117 cm³/mol. The van der Waals surface area contributed by atoms with Gasteiger partial charge in [-0.15, -0.1) is 0 Å². The highest BCUT2D eigenvalue weighted by Gasteiger charge is 2.22. The smallest absolute Gasteiger partial charge is 0.409 e. The lowest BCUT2D eigenvalue weighted by atomic mass is 10.3. The number of nitrogens with two attached hydrogens (primary N) is 1. The molecule has 1 saturated heterocycles. The molecule has 1 aromatic rings. The van der Waals surface area contributed by atoms with Gasteiger partial charge in [-0.1, -0.05) is 27.4 Å². The number of carbonyl (C=O) groups excluding carboxylic acids is 2. The van der Waals surface area contributed by atoms with E-state index in [2.05, 4.69) is 21.4 Å². The first kappa shape index (κ1) is 29.0. The second kappa shape index (κ2) is 19.2. The highest BCUT2D eigenvalue weighted by Crippen LogP contribution is 2.14. The van der Waals surface area contributed by atoms with Gasteiger partial charge < -0.3 is 25.4 Å². The van der Waals surface area contributed by atoms with E-state index in [1.165, 1.54) is 0 Å². The van der Waals surface area contributed by atoms with Gasteiger partial charge in [0.1, 0.15) is 0 Å². The van der Waals surface area contributed by atoms with Gasteiger partial charge in [0.15, 0.2) is 5.82 Å². The van der Waals surface area contributed by atoms with Crippen molar-refractivity contribution in [2.75, 3.05) is 37.7 Å². The molecule has 1 aliphatic heterocycles. The van der Waals surface area contributed by atoms with Crippen LogP contribution in [0.1, 0.15) is 46.4 Å². The number of ether oxygens (including phenoxy) is 1. The number of amides is 2. The number of hydrogen-bond acceptors (Lipinski definition) is 7. The van der Waals surface area contributed by atoms with Crippen molar-refractivity contribution in [1.29, 1.82) is 0 Å². The number of aromatic nitrogens is 2. The van der Waals surface area contributed by atoms with E-state index in [1.807, 2.05) is 27.7 Å². The van der Waals surface area contributed by atoms with Crippen LogP contribution in [0.15, 0.2) is 19.0 Å². The molecule has 2 rings (SSSR count). The topological polar surface area (TPSA) is 139 Å². The third kappa shape index (κ3) is 13.1. The molecule has 2 amide bonds. The van der Waals surface area contributed by atoms with Crippen LogP contribution < -0.4 is 10.6 Å². The van der Waals surface area contributed by atoms with Crippen molar-refractivity contribution in [2.24, 2.45) is 5.73 Å². The molecule has 0 atom stereocenters. The second-order valence-corrected chi connectivity index (χ2v) is 5.50. The number of carboxylic acid groups (broad SMARTS) is 1. The zero-order valence-electron chi connectivity index (χ0n) is 18.4. The van der Waals surface area contributed by atoms with E-state index in [4.69, 9.17) is 20.4 Å². The van der Waals surface area contributed by atoms with E-state index in [-0.39, 0.29) is 18.5 Å². The molecule has 10 heteroatoms. The van der Waals surface area contributed by atoms with E-state index in [9.17, 15) is 9.59 Å². The van der Waals surface area contributed by atoms with Crippen molar-refractivity contribution in [3.63, 3.8) is 0 Å². The van der Waals surface area contributed by atoms with Gasteiger partial charge in [-0.2, -0.15) is 0 Å². The average molecular weight is 426 g/mol. The number of piperazine rings is 1. The van der Waals surface area contributed by atoms with Crippen LogP contribution >= 0.6 is 0 Å². The zero-order chi connectivity index (χ0) is 23.4. The van der Waals surface area contributed by atoms with E-state index < -0.39 is 0 Å². The molecule has 0 unspecified atom stereocenters. The summed E-state index contributed by atoms with van der Waals surface area (Å²) in [7, 11) is 0. The highest BCUT2D eigenvalue weighted by molar-refractivity contribution is 5.73. The van der Waals surface area contributed by atoms with Crippen molar-refractivity contribution >= 4 is 30.2 Å². The predicted octanol–water partition coefficient (Wildman–Crippen LogP) is 2.40. The molecule has 1 fully saturated rings. The quantitative estimate of drug-likeness (QED) is 0.686. The molecule has 30 heavy (non-hydrogen) atoms.